The van der Waals surface area contributed by atoms with E-state index < -0.39 is 0 Å². The van der Waals surface area contributed by atoms with E-state index in [2.05, 4.69) is 40.6 Å². The number of aryl methyl sites for hydroxylation is 1. The third kappa shape index (κ3) is 2.96. The molecular weight excluding hydrogens is 282 g/mol. The van der Waals surface area contributed by atoms with Crippen molar-refractivity contribution in [3.05, 3.63) is 10.9 Å². The Bertz CT molecular complexity index is 630. The van der Waals surface area contributed by atoms with Gasteiger partial charge in [-0.3, -0.25) is 5.43 Å². The minimum absolute atomic E-state index is 0.125. The maximum Gasteiger partial charge on any atom is 0.240 e. The third-order valence-electron chi connectivity index (χ3n) is 4.30. The highest BCUT2D eigenvalue weighted by atomic mass is 32.1. The summed E-state index contributed by atoms with van der Waals surface area (Å²) < 4.78 is 0. The van der Waals surface area contributed by atoms with E-state index in [1.807, 2.05) is 0 Å². The fraction of sp³-hybridized carbons (Fsp3) is 0.600. The molecule has 1 aliphatic carbocycles. The van der Waals surface area contributed by atoms with E-state index in [-0.39, 0.29) is 5.54 Å². The zero-order valence-electron chi connectivity index (χ0n) is 12.7. The maximum atomic E-state index is 5.52. The van der Waals surface area contributed by atoms with Gasteiger partial charge in [0.05, 0.1) is 5.39 Å². The Hall–Kier alpha value is -1.40. The first-order valence-electron chi connectivity index (χ1n) is 7.69. The lowest BCUT2D eigenvalue weighted by atomic mass is 9.83. The number of fused-ring (bicyclic) bond motifs is 1. The van der Waals surface area contributed by atoms with Gasteiger partial charge in [0.1, 0.15) is 10.6 Å². The van der Waals surface area contributed by atoms with Gasteiger partial charge < -0.3 is 5.32 Å². The van der Waals surface area contributed by atoms with Gasteiger partial charge >= 0.3 is 0 Å². The minimum atomic E-state index is 0.125. The molecule has 6 heteroatoms. The molecule has 5 nitrogen and oxygen atoms in total. The number of nitrogen functional groups attached to an aromatic ring is 1. The molecule has 1 aliphatic rings. The Morgan fingerprint density at radius 1 is 1.29 bits per heavy atom. The zero-order chi connectivity index (χ0) is 14.9. The van der Waals surface area contributed by atoms with Gasteiger partial charge in [-0.1, -0.05) is 26.2 Å². The quantitative estimate of drug-likeness (QED) is 0.593. The van der Waals surface area contributed by atoms with E-state index in [1.165, 1.54) is 37.0 Å². The maximum absolute atomic E-state index is 5.52. The average molecular weight is 305 g/mol. The third-order valence-corrected chi connectivity index (χ3v) is 5.47. The summed E-state index contributed by atoms with van der Waals surface area (Å²) in [5.41, 5.74) is 2.71. The molecule has 0 bridgehead atoms. The van der Waals surface area contributed by atoms with Gasteiger partial charge in [-0.2, -0.15) is 4.98 Å². The predicted molar refractivity (Wildman–Crippen MR) is 89.7 cm³/mol. The van der Waals surface area contributed by atoms with Crippen molar-refractivity contribution in [1.29, 1.82) is 0 Å². The molecule has 4 N–H and O–H groups in total. The summed E-state index contributed by atoms with van der Waals surface area (Å²) >= 11 is 1.72. The highest BCUT2D eigenvalue weighted by molar-refractivity contribution is 7.18. The van der Waals surface area contributed by atoms with Crippen LogP contribution in [0.3, 0.4) is 0 Å². The van der Waals surface area contributed by atoms with Crippen LogP contribution in [0.25, 0.3) is 10.2 Å². The van der Waals surface area contributed by atoms with Gasteiger partial charge in [-0.05, 0) is 32.3 Å². The topological polar surface area (TPSA) is 75.9 Å². The van der Waals surface area contributed by atoms with E-state index in [0.29, 0.717) is 5.95 Å². The van der Waals surface area contributed by atoms with Crippen LogP contribution in [-0.4, -0.2) is 15.5 Å². The number of thiophene rings is 1. The molecule has 1 fully saturated rings. The Kier molecular flexibility index (Phi) is 3.99. The SMILES string of the molecule is CCc1cc2c(NC3(C)CCCCC3)nc(NN)nc2s1. The lowest BCUT2D eigenvalue weighted by Gasteiger charge is -2.35. The van der Waals surface area contributed by atoms with Crippen LogP contribution in [0.1, 0.15) is 50.8 Å². The van der Waals surface area contributed by atoms with Crippen molar-refractivity contribution in [2.75, 3.05) is 10.7 Å². The van der Waals surface area contributed by atoms with Crippen molar-refractivity contribution in [3.8, 4) is 0 Å². The molecule has 1 saturated carbocycles. The Morgan fingerprint density at radius 3 is 2.71 bits per heavy atom. The molecular formula is C15H23N5S. The molecule has 0 spiro atoms. The van der Waals surface area contributed by atoms with Crippen LogP contribution >= 0.6 is 11.3 Å². The van der Waals surface area contributed by atoms with Crippen molar-refractivity contribution in [1.82, 2.24) is 9.97 Å². The van der Waals surface area contributed by atoms with Gasteiger partial charge in [0.2, 0.25) is 5.95 Å². The van der Waals surface area contributed by atoms with Crippen LogP contribution in [0.5, 0.6) is 0 Å². The monoisotopic (exact) mass is 305 g/mol. The minimum Gasteiger partial charge on any atom is -0.364 e. The number of nitrogens with two attached hydrogens (primary N) is 1. The van der Waals surface area contributed by atoms with Crippen LogP contribution in [-0.2, 0) is 6.42 Å². The van der Waals surface area contributed by atoms with Crippen molar-refractivity contribution >= 4 is 33.3 Å². The van der Waals surface area contributed by atoms with Crippen LogP contribution in [0, 0.1) is 0 Å². The highest BCUT2D eigenvalue weighted by Gasteiger charge is 2.28. The summed E-state index contributed by atoms with van der Waals surface area (Å²) in [6.45, 7) is 4.46. The standard InChI is InChI=1S/C15H23N5S/c1-3-10-9-11-12(17-14(20-16)18-13(11)21-10)19-15(2)7-5-4-6-8-15/h9H,3-8,16H2,1-2H3,(H2,17,18,19,20). The lowest BCUT2D eigenvalue weighted by Crippen LogP contribution is -2.37. The number of hydrazine groups is 1. The molecule has 0 unspecified atom stereocenters. The average Bonchev–Trinajstić information content (AvgIpc) is 2.91. The summed E-state index contributed by atoms with van der Waals surface area (Å²) in [6.07, 6.45) is 7.30. The van der Waals surface area contributed by atoms with E-state index >= 15 is 0 Å². The van der Waals surface area contributed by atoms with E-state index in [9.17, 15) is 0 Å². The molecule has 2 aromatic rings. The van der Waals surface area contributed by atoms with Crippen LogP contribution in [0.15, 0.2) is 6.07 Å². The highest BCUT2D eigenvalue weighted by Crippen LogP contribution is 2.35. The Morgan fingerprint density at radius 2 is 2.05 bits per heavy atom. The molecule has 0 radical (unpaired) electrons. The van der Waals surface area contributed by atoms with Gasteiger partial charge in [0.25, 0.3) is 0 Å². The summed E-state index contributed by atoms with van der Waals surface area (Å²) in [5, 5.41) is 4.79. The predicted octanol–water partition coefficient (Wildman–Crippen LogP) is 3.67. The molecule has 0 atom stereocenters. The fourth-order valence-corrected chi connectivity index (χ4v) is 4.02. The van der Waals surface area contributed by atoms with E-state index in [1.54, 1.807) is 11.3 Å². The second kappa shape index (κ2) is 5.77. The molecule has 0 amide bonds. The van der Waals surface area contributed by atoms with Crippen LogP contribution in [0.4, 0.5) is 11.8 Å². The van der Waals surface area contributed by atoms with Crippen molar-refractivity contribution in [2.45, 2.75) is 57.9 Å². The van der Waals surface area contributed by atoms with Crippen LogP contribution in [0.2, 0.25) is 0 Å². The molecule has 2 heterocycles. The summed E-state index contributed by atoms with van der Waals surface area (Å²) in [7, 11) is 0. The number of hydrogen-bond acceptors (Lipinski definition) is 6. The fourth-order valence-electron chi connectivity index (χ4n) is 3.05. The molecule has 0 aliphatic heterocycles. The molecule has 3 rings (SSSR count). The van der Waals surface area contributed by atoms with Crippen LogP contribution < -0.4 is 16.6 Å². The first kappa shape index (κ1) is 14.5. The van der Waals surface area contributed by atoms with Crippen molar-refractivity contribution < 1.29 is 0 Å². The smallest absolute Gasteiger partial charge is 0.240 e. The first-order valence-corrected chi connectivity index (χ1v) is 8.50. The number of nitrogens with one attached hydrogen (secondary N) is 2. The molecule has 0 saturated heterocycles. The normalized spacial score (nSPS) is 17.9. The molecule has 0 aromatic carbocycles. The van der Waals surface area contributed by atoms with E-state index in [0.717, 1.165) is 22.5 Å². The second-order valence-electron chi connectivity index (χ2n) is 6.07. The molecule has 21 heavy (non-hydrogen) atoms. The van der Waals surface area contributed by atoms with Crippen molar-refractivity contribution in [2.24, 2.45) is 5.84 Å². The number of aromatic nitrogens is 2. The largest absolute Gasteiger partial charge is 0.364 e. The van der Waals surface area contributed by atoms with Gasteiger partial charge in [0.15, 0.2) is 0 Å². The van der Waals surface area contributed by atoms with Gasteiger partial charge in [-0.25, -0.2) is 10.8 Å². The summed E-state index contributed by atoms with van der Waals surface area (Å²) in [4.78, 5) is 11.3. The first-order chi connectivity index (χ1) is 10.1. The van der Waals surface area contributed by atoms with Crippen molar-refractivity contribution in [3.63, 3.8) is 0 Å². The zero-order valence-corrected chi connectivity index (χ0v) is 13.5. The number of hydrogen-bond donors (Lipinski definition) is 3. The number of anilines is 2. The Balaban J connectivity index is 2.00. The Labute approximate surface area is 129 Å². The summed E-state index contributed by atoms with van der Waals surface area (Å²) in [5.74, 6) is 6.91. The van der Waals surface area contributed by atoms with Gasteiger partial charge in [-0.15, -0.1) is 11.3 Å². The summed E-state index contributed by atoms with van der Waals surface area (Å²) in [6, 6.07) is 2.20. The molecule has 2 aromatic heterocycles. The van der Waals surface area contributed by atoms with Gasteiger partial charge in [0, 0.05) is 10.4 Å². The second-order valence-corrected chi connectivity index (χ2v) is 7.19. The lowest BCUT2D eigenvalue weighted by molar-refractivity contribution is 0.349. The number of nitrogens with zero attached hydrogens (tertiary/aromatic N) is 2. The number of rotatable bonds is 4. The molecule has 114 valence electrons. The van der Waals surface area contributed by atoms with E-state index in [4.69, 9.17) is 5.84 Å².